The van der Waals surface area contributed by atoms with E-state index in [0.29, 0.717) is 12.3 Å². The predicted octanol–water partition coefficient (Wildman–Crippen LogP) is 0.505. The van der Waals surface area contributed by atoms with Crippen LogP contribution in [0.15, 0.2) is 0 Å². The highest BCUT2D eigenvalue weighted by atomic mass is 16.5. The summed E-state index contributed by atoms with van der Waals surface area (Å²) in [5.74, 6) is 3.52. The number of hydrogen-bond donors (Lipinski definition) is 0. The third-order valence-corrected chi connectivity index (χ3v) is 2.95. The minimum absolute atomic E-state index is 0.129. The smallest absolute Gasteiger partial charge is 0.223 e. The van der Waals surface area contributed by atoms with Crippen LogP contribution in [0.25, 0.3) is 0 Å². The molecule has 0 spiro atoms. The molecule has 76 valence electrons. The molecule has 1 amide bonds. The Kier molecular flexibility index (Phi) is 2.74. The van der Waals surface area contributed by atoms with Gasteiger partial charge in [0.05, 0.1) is 6.61 Å². The summed E-state index contributed by atoms with van der Waals surface area (Å²) in [5.41, 5.74) is 0. The summed E-state index contributed by atoms with van der Waals surface area (Å²) in [6, 6.07) is 0. The molecule has 0 saturated carbocycles. The van der Waals surface area contributed by atoms with Gasteiger partial charge in [-0.25, -0.2) is 0 Å². The van der Waals surface area contributed by atoms with Gasteiger partial charge in [0.25, 0.3) is 0 Å². The Labute approximate surface area is 84.4 Å². The zero-order chi connectivity index (χ0) is 9.97. The van der Waals surface area contributed by atoms with Crippen molar-refractivity contribution in [1.82, 2.24) is 4.90 Å². The molecule has 2 aliphatic heterocycles. The number of terminal acetylenes is 1. The van der Waals surface area contributed by atoms with Gasteiger partial charge in [0.15, 0.2) is 0 Å². The maximum atomic E-state index is 11.5. The van der Waals surface area contributed by atoms with Gasteiger partial charge in [-0.2, -0.15) is 0 Å². The molecular formula is C11H15NO2. The summed E-state index contributed by atoms with van der Waals surface area (Å²) in [5, 5.41) is 0. The van der Waals surface area contributed by atoms with Gasteiger partial charge < -0.3 is 9.64 Å². The van der Waals surface area contributed by atoms with Crippen LogP contribution < -0.4 is 0 Å². The lowest BCUT2D eigenvalue weighted by molar-refractivity contribution is -0.128. The molecule has 2 rings (SSSR count). The molecule has 2 aliphatic rings. The molecule has 0 aliphatic carbocycles. The first-order valence-electron chi connectivity index (χ1n) is 5.11. The molecule has 3 nitrogen and oxygen atoms in total. The van der Waals surface area contributed by atoms with Gasteiger partial charge in [0, 0.05) is 38.0 Å². The Hall–Kier alpha value is -1.01. The van der Waals surface area contributed by atoms with Crippen LogP contribution in [-0.2, 0) is 9.53 Å². The van der Waals surface area contributed by atoms with Gasteiger partial charge in [-0.15, -0.1) is 12.3 Å². The first-order valence-corrected chi connectivity index (χ1v) is 5.11. The van der Waals surface area contributed by atoms with E-state index in [-0.39, 0.29) is 11.8 Å². The van der Waals surface area contributed by atoms with Crippen molar-refractivity contribution >= 4 is 5.91 Å². The number of hydrogen-bond acceptors (Lipinski definition) is 2. The van der Waals surface area contributed by atoms with Crippen molar-refractivity contribution in [2.24, 2.45) is 11.8 Å². The summed E-state index contributed by atoms with van der Waals surface area (Å²) >= 11 is 0. The van der Waals surface area contributed by atoms with E-state index in [9.17, 15) is 4.79 Å². The van der Waals surface area contributed by atoms with Crippen molar-refractivity contribution in [3.63, 3.8) is 0 Å². The molecule has 2 heterocycles. The van der Waals surface area contributed by atoms with E-state index in [1.165, 1.54) is 0 Å². The lowest BCUT2D eigenvalue weighted by Crippen LogP contribution is -2.31. The second-order valence-electron chi connectivity index (χ2n) is 4.10. The number of ether oxygens (including phenoxy) is 1. The zero-order valence-electron chi connectivity index (χ0n) is 8.24. The molecule has 2 atom stereocenters. The van der Waals surface area contributed by atoms with Crippen molar-refractivity contribution in [3.05, 3.63) is 0 Å². The van der Waals surface area contributed by atoms with Crippen LogP contribution in [0.4, 0.5) is 0 Å². The Morgan fingerprint density at radius 2 is 2.50 bits per heavy atom. The van der Waals surface area contributed by atoms with Gasteiger partial charge in [-0.05, 0) is 6.42 Å². The van der Waals surface area contributed by atoms with Crippen molar-refractivity contribution in [2.75, 3.05) is 26.3 Å². The fourth-order valence-electron chi connectivity index (χ4n) is 2.10. The van der Waals surface area contributed by atoms with E-state index in [0.717, 1.165) is 32.7 Å². The Morgan fingerprint density at radius 1 is 1.64 bits per heavy atom. The van der Waals surface area contributed by atoms with Gasteiger partial charge in [-0.1, -0.05) is 0 Å². The van der Waals surface area contributed by atoms with Gasteiger partial charge in [0.1, 0.15) is 0 Å². The fourth-order valence-corrected chi connectivity index (χ4v) is 2.10. The summed E-state index contributed by atoms with van der Waals surface area (Å²) < 4.78 is 5.28. The lowest BCUT2D eigenvalue weighted by Gasteiger charge is -2.19. The Bertz CT molecular complexity index is 263. The molecule has 0 aromatic rings. The molecule has 0 radical (unpaired) electrons. The number of carbonyl (C=O) groups is 1. The zero-order valence-corrected chi connectivity index (χ0v) is 8.24. The molecular weight excluding hydrogens is 178 g/mol. The number of amides is 1. The Balaban J connectivity index is 1.86. The van der Waals surface area contributed by atoms with Crippen molar-refractivity contribution in [2.45, 2.75) is 12.8 Å². The Morgan fingerprint density at radius 3 is 3.07 bits per heavy atom. The second kappa shape index (κ2) is 4.02. The van der Waals surface area contributed by atoms with Gasteiger partial charge in [-0.3, -0.25) is 4.79 Å². The van der Waals surface area contributed by atoms with E-state index >= 15 is 0 Å². The molecule has 2 unspecified atom stereocenters. The molecule has 3 heteroatoms. The predicted molar refractivity (Wildman–Crippen MR) is 52.4 cm³/mol. The first kappa shape index (κ1) is 9.54. The van der Waals surface area contributed by atoms with Crippen molar-refractivity contribution < 1.29 is 9.53 Å². The third kappa shape index (κ3) is 1.91. The summed E-state index contributed by atoms with van der Waals surface area (Å²) in [6.07, 6.45) is 6.92. The van der Waals surface area contributed by atoms with E-state index in [4.69, 9.17) is 11.2 Å². The van der Waals surface area contributed by atoms with Gasteiger partial charge >= 0.3 is 0 Å². The van der Waals surface area contributed by atoms with Gasteiger partial charge in [0.2, 0.25) is 5.91 Å². The molecule has 14 heavy (non-hydrogen) atoms. The van der Waals surface area contributed by atoms with Crippen LogP contribution in [0.5, 0.6) is 0 Å². The average Bonchev–Trinajstić information content (AvgIpc) is 2.78. The van der Waals surface area contributed by atoms with Crippen molar-refractivity contribution in [1.29, 1.82) is 0 Å². The maximum absolute atomic E-state index is 11.5. The SMILES string of the molecule is C#CC1CC(=O)N(CC2CCOC2)C1. The standard InChI is InChI=1S/C11H15NO2/c1-2-9-5-11(13)12(6-9)7-10-3-4-14-8-10/h1,9-10H,3-8H2. The highest BCUT2D eigenvalue weighted by molar-refractivity contribution is 5.79. The van der Waals surface area contributed by atoms with Crippen LogP contribution in [-0.4, -0.2) is 37.1 Å². The van der Waals surface area contributed by atoms with Crippen LogP contribution in [0.1, 0.15) is 12.8 Å². The number of carbonyl (C=O) groups excluding carboxylic acids is 1. The van der Waals surface area contributed by atoms with Crippen LogP contribution in [0.3, 0.4) is 0 Å². The van der Waals surface area contributed by atoms with Crippen LogP contribution in [0.2, 0.25) is 0 Å². The quantitative estimate of drug-likeness (QED) is 0.598. The van der Waals surface area contributed by atoms with Crippen LogP contribution >= 0.6 is 0 Å². The minimum atomic E-state index is 0.129. The van der Waals surface area contributed by atoms with E-state index in [1.54, 1.807) is 0 Å². The van der Waals surface area contributed by atoms with E-state index < -0.39 is 0 Å². The number of rotatable bonds is 2. The molecule has 0 aromatic heterocycles. The summed E-state index contributed by atoms with van der Waals surface area (Å²) in [7, 11) is 0. The van der Waals surface area contributed by atoms with E-state index in [1.807, 2.05) is 4.90 Å². The molecule has 2 fully saturated rings. The topological polar surface area (TPSA) is 29.5 Å². The minimum Gasteiger partial charge on any atom is -0.381 e. The normalized spacial score (nSPS) is 32.2. The van der Waals surface area contributed by atoms with E-state index in [2.05, 4.69) is 5.92 Å². The fraction of sp³-hybridized carbons (Fsp3) is 0.727. The summed E-state index contributed by atoms with van der Waals surface area (Å²) in [6.45, 7) is 3.21. The van der Waals surface area contributed by atoms with Crippen LogP contribution in [0, 0.1) is 24.2 Å². The molecule has 2 saturated heterocycles. The number of likely N-dealkylation sites (tertiary alicyclic amines) is 1. The number of nitrogens with zero attached hydrogens (tertiary/aromatic N) is 1. The first-order chi connectivity index (χ1) is 6.79. The largest absolute Gasteiger partial charge is 0.381 e. The molecule has 0 bridgehead atoms. The van der Waals surface area contributed by atoms with Crippen molar-refractivity contribution in [3.8, 4) is 12.3 Å². The highest BCUT2D eigenvalue weighted by Crippen LogP contribution is 2.21. The molecule has 0 aromatic carbocycles. The maximum Gasteiger partial charge on any atom is 0.223 e. The average molecular weight is 193 g/mol. The summed E-state index contributed by atoms with van der Waals surface area (Å²) in [4.78, 5) is 13.4. The molecule has 0 N–H and O–H groups in total. The monoisotopic (exact) mass is 193 g/mol. The second-order valence-corrected chi connectivity index (χ2v) is 4.10. The highest BCUT2D eigenvalue weighted by Gasteiger charge is 2.30. The lowest BCUT2D eigenvalue weighted by atomic mass is 10.1. The third-order valence-electron chi connectivity index (χ3n) is 2.95.